The molecule has 1 aromatic heterocycles. The van der Waals surface area contributed by atoms with Gasteiger partial charge in [-0.05, 0) is 73.4 Å². The van der Waals surface area contributed by atoms with E-state index in [2.05, 4.69) is 54.1 Å². The number of aliphatic hydroxyl groups excluding tert-OH is 1. The first-order valence-electron chi connectivity index (χ1n) is 14.0. The molecule has 3 aromatic rings. The number of amides is 1. The molecular weight excluding hydrogens is 488 g/mol. The van der Waals surface area contributed by atoms with Crippen molar-refractivity contribution in [2.75, 3.05) is 18.8 Å². The standard InChI is InChI=1S/C18H22N4O2.C14H20O/c19-17-16(18(20)24)9-14(10-21-17)13-3-1-12(2-4-13)11-22-7-5-15(23)6-8-22;1-11-7-8-13(9-12(11)2)10-15-14-5-3-4-6-14/h1-4,9-10,15,23H,5-8,11H2,(H2,19,21)(H2,20,24);7-9,14H,3-6,10H2,1-2H3. The zero-order valence-electron chi connectivity index (χ0n) is 23.2. The largest absolute Gasteiger partial charge is 0.393 e. The summed E-state index contributed by atoms with van der Waals surface area (Å²) >= 11 is 0. The van der Waals surface area contributed by atoms with Crippen LogP contribution in [0, 0.1) is 13.8 Å². The van der Waals surface area contributed by atoms with Crippen LogP contribution in [0.25, 0.3) is 11.1 Å². The number of nitrogen functional groups attached to an aromatic ring is 1. The van der Waals surface area contributed by atoms with Crippen molar-refractivity contribution < 1.29 is 14.6 Å². The summed E-state index contributed by atoms with van der Waals surface area (Å²) in [4.78, 5) is 17.8. The van der Waals surface area contributed by atoms with Crippen LogP contribution >= 0.6 is 0 Å². The third-order valence-corrected chi connectivity index (χ3v) is 7.79. The van der Waals surface area contributed by atoms with Crippen molar-refractivity contribution >= 4 is 11.7 Å². The summed E-state index contributed by atoms with van der Waals surface area (Å²) in [6, 6.07) is 16.4. The average molecular weight is 531 g/mol. The van der Waals surface area contributed by atoms with Crippen molar-refractivity contribution in [3.05, 3.63) is 82.5 Å². The molecule has 0 spiro atoms. The highest BCUT2D eigenvalue weighted by atomic mass is 16.5. The Kier molecular flexibility index (Phi) is 10.1. The quantitative estimate of drug-likeness (QED) is 0.389. The van der Waals surface area contributed by atoms with Crippen molar-refractivity contribution in [2.24, 2.45) is 5.73 Å². The van der Waals surface area contributed by atoms with E-state index in [-0.39, 0.29) is 17.5 Å². The molecule has 0 unspecified atom stereocenters. The van der Waals surface area contributed by atoms with Gasteiger partial charge in [-0.2, -0.15) is 0 Å². The third-order valence-electron chi connectivity index (χ3n) is 7.79. The molecule has 0 atom stereocenters. The van der Waals surface area contributed by atoms with E-state index in [4.69, 9.17) is 16.2 Å². The maximum Gasteiger partial charge on any atom is 0.252 e. The number of hydrogen-bond donors (Lipinski definition) is 3. The van der Waals surface area contributed by atoms with E-state index in [0.717, 1.165) is 50.2 Å². The first-order valence-corrected chi connectivity index (χ1v) is 14.0. The SMILES string of the molecule is Cc1ccc(COC2CCCC2)cc1C.NC(=O)c1cc(-c2ccc(CN3CCC(O)CC3)cc2)cnc1N. The molecule has 2 heterocycles. The Balaban J connectivity index is 0.000000202. The number of likely N-dealkylation sites (tertiary alicyclic amines) is 1. The number of nitrogens with zero attached hydrogens (tertiary/aromatic N) is 2. The van der Waals surface area contributed by atoms with Crippen LogP contribution in [0.15, 0.2) is 54.7 Å². The number of primary amides is 1. The van der Waals surface area contributed by atoms with Crippen molar-refractivity contribution in [3.8, 4) is 11.1 Å². The maximum absolute atomic E-state index is 11.4. The van der Waals surface area contributed by atoms with E-state index < -0.39 is 5.91 Å². The molecule has 7 nitrogen and oxygen atoms in total. The van der Waals surface area contributed by atoms with E-state index in [1.165, 1.54) is 47.9 Å². The van der Waals surface area contributed by atoms with Crippen LogP contribution in [0.5, 0.6) is 0 Å². The van der Waals surface area contributed by atoms with E-state index in [9.17, 15) is 9.90 Å². The van der Waals surface area contributed by atoms with Gasteiger partial charge in [-0.25, -0.2) is 4.98 Å². The first-order chi connectivity index (χ1) is 18.8. The predicted molar refractivity (Wildman–Crippen MR) is 156 cm³/mol. The van der Waals surface area contributed by atoms with Gasteiger partial charge in [-0.15, -0.1) is 0 Å². The molecule has 2 aromatic carbocycles. The van der Waals surface area contributed by atoms with Gasteiger partial charge in [0.25, 0.3) is 5.91 Å². The van der Waals surface area contributed by atoms with Crippen LogP contribution in [0.3, 0.4) is 0 Å². The Bertz CT molecular complexity index is 1230. The van der Waals surface area contributed by atoms with Gasteiger partial charge in [0.2, 0.25) is 0 Å². The summed E-state index contributed by atoms with van der Waals surface area (Å²) in [5, 5.41) is 9.56. The number of aliphatic hydroxyl groups is 1. The number of pyridine rings is 1. The summed E-state index contributed by atoms with van der Waals surface area (Å²) in [5.41, 5.74) is 18.3. The lowest BCUT2D eigenvalue weighted by molar-refractivity contribution is 0.0456. The van der Waals surface area contributed by atoms with Crippen LogP contribution in [0.1, 0.15) is 71.1 Å². The molecule has 208 valence electrons. The molecule has 5 N–H and O–H groups in total. The Morgan fingerprint density at radius 3 is 2.26 bits per heavy atom. The van der Waals surface area contributed by atoms with Gasteiger partial charge in [0.05, 0.1) is 24.4 Å². The molecule has 1 aliphatic heterocycles. The highest BCUT2D eigenvalue weighted by Crippen LogP contribution is 2.24. The molecule has 39 heavy (non-hydrogen) atoms. The molecule has 1 aliphatic carbocycles. The molecule has 1 amide bonds. The van der Waals surface area contributed by atoms with Gasteiger partial charge in [-0.1, -0.05) is 55.3 Å². The van der Waals surface area contributed by atoms with Gasteiger partial charge in [-0.3, -0.25) is 9.69 Å². The van der Waals surface area contributed by atoms with Gasteiger partial charge >= 0.3 is 0 Å². The van der Waals surface area contributed by atoms with Gasteiger partial charge in [0.1, 0.15) is 5.82 Å². The smallest absolute Gasteiger partial charge is 0.252 e. The molecule has 1 saturated heterocycles. The number of benzene rings is 2. The van der Waals surface area contributed by atoms with E-state index in [1.54, 1.807) is 12.3 Å². The third kappa shape index (κ3) is 8.36. The lowest BCUT2D eigenvalue weighted by Gasteiger charge is -2.29. The molecule has 1 saturated carbocycles. The molecule has 0 radical (unpaired) electrons. The number of carbonyl (C=O) groups excluding carboxylic acids is 1. The molecule has 0 bridgehead atoms. The maximum atomic E-state index is 11.4. The van der Waals surface area contributed by atoms with Crippen LogP contribution in [0.2, 0.25) is 0 Å². The summed E-state index contributed by atoms with van der Waals surface area (Å²) in [5.74, 6) is -0.430. The van der Waals surface area contributed by atoms with Crippen LogP contribution < -0.4 is 11.5 Å². The molecular formula is C32H42N4O3. The second-order valence-electron chi connectivity index (χ2n) is 10.9. The zero-order chi connectivity index (χ0) is 27.8. The Hall–Kier alpha value is -3.26. The summed E-state index contributed by atoms with van der Waals surface area (Å²) < 4.78 is 5.88. The fourth-order valence-electron chi connectivity index (χ4n) is 5.13. The van der Waals surface area contributed by atoms with E-state index >= 15 is 0 Å². The van der Waals surface area contributed by atoms with Gasteiger partial charge in [0, 0.05) is 31.4 Å². The van der Waals surface area contributed by atoms with Gasteiger partial charge < -0.3 is 21.3 Å². The molecule has 2 aliphatic rings. The first kappa shape index (κ1) is 28.7. The van der Waals surface area contributed by atoms with Gasteiger partial charge in [0.15, 0.2) is 0 Å². The van der Waals surface area contributed by atoms with E-state index in [1.807, 2.05) is 12.1 Å². The lowest BCUT2D eigenvalue weighted by atomic mass is 10.0. The Labute approximate surface area is 232 Å². The van der Waals surface area contributed by atoms with E-state index in [0.29, 0.717) is 6.10 Å². The highest BCUT2D eigenvalue weighted by molar-refractivity contribution is 5.98. The second kappa shape index (κ2) is 13.7. The molecule has 5 rings (SSSR count). The minimum Gasteiger partial charge on any atom is -0.393 e. The minimum absolute atomic E-state index is 0.148. The topological polar surface area (TPSA) is 115 Å². The summed E-state index contributed by atoms with van der Waals surface area (Å²) in [7, 11) is 0. The Morgan fingerprint density at radius 2 is 1.62 bits per heavy atom. The van der Waals surface area contributed by atoms with Crippen LogP contribution in [0.4, 0.5) is 5.82 Å². The molecule has 2 fully saturated rings. The number of aromatic nitrogens is 1. The lowest BCUT2D eigenvalue weighted by Crippen LogP contribution is -2.35. The summed E-state index contributed by atoms with van der Waals surface area (Å²) in [6.07, 6.45) is 8.89. The fraction of sp³-hybridized carbons (Fsp3) is 0.438. The normalized spacial score (nSPS) is 16.6. The number of anilines is 1. The van der Waals surface area contributed by atoms with Crippen molar-refractivity contribution in [2.45, 2.75) is 77.7 Å². The number of piperidine rings is 1. The van der Waals surface area contributed by atoms with Crippen LogP contribution in [-0.4, -0.2) is 46.2 Å². The van der Waals surface area contributed by atoms with Crippen molar-refractivity contribution in [3.63, 3.8) is 0 Å². The van der Waals surface area contributed by atoms with Crippen LogP contribution in [-0.2, 0) is 17.9 Å². The molecule has 7 heteroatoms. The minimum atomic E-state index is -0.578. The number of hydrogen-bond acceptors (Lipinski definition) is 6. The number of nitrogens with two attached hydrogens (primary N) is 2. The number of aryl methyl sites for hydroxylation is 2. The average Bonchev–Trinajstić information content (AvgIpc) is 3.46. The predicted octanol–water partition coefficient (Wildman–Crippen LogP) is 5.15. The number of carbonyl (C=O) groups is 1. The highest BCUT2D eigenvalue weighted by Gasteiger charge is 2.17. The zero-order valence-corrected chi connectivity index (χ0v) is 23.2. The fourth-order valence-corrected chi connectivity index (χ4v) is 5.13. The van der Waals surface area contributed by atoms with Crippen molar-refractivity contribution in [1.82, 2.24) is 9.88 Å². The van der Waals surface area contributed by atoms with Crippen molar-refractivity contribution in [1.29, 1.82) is 0 Å². The summed E-state index contributed by atoms with van der Waals surface area (Å²) in [6.45, 7) is 7.82. The second-order valence-corrected chi connectivity index (χ2v) is 10.9. The Morgan fingerprint density at radius 1 is 0.949 bits per heavy atom. The number of rotatable bonds is 7. The number of ether oxygens (including phenoxy) is 1. The monoisotopic (exact) mass is 530 g/mol.